The molecule has 39 heavy (non-hydrogen) atoms. The van der Waals surface area contributed by atoms with E-state index in [-0.39, 0.29) is 36.9 Å². The first-order chi connectivity index (χ1) is 18.6. The van der Waals surface area contributed by atoms with Gasteiger partial charge in [-0.15, -0.1) is 0 Å². The zero-order chi connectivity index (χ0) is 28.0. The number of amides is 2. The number of rotatable bonds is 9. The Kier molecular flexibility index (Phi) is 8.52. The van der Waals surface area contributed by atoms with Crippen LogP contribution in [0.4, 0.5) is 35.3 Å². The van der Waals surface area contributed by atoms with Crippen LogP contribution in [0.1, 0.15) is 35.2 Å². The summed E-state index contributed by atoms with van der Waals surface area (Å²) in [6, 6.07) is 14.3. The van der Waals surface area contributed by atoms with E-state index in [2.05, 4.69) is 25.5 Å². The van der Waals surface area contributed by atoms with E-state index in [0.717, 1.165) is 17.4 Å². The van der Waals surface area contributed by atoms with Crippen molar-refractivity contribution in [1.82, 2.24) is 15.3 Å². The highest BCUT2D eigenvalue weighted by atomic mass is 19.4. The van der Waals surface area contributed by atoms with Crippen LogP contribution < -0.4 is 21.3 Å². The number of anilines is 3. The van der Waals surface area contributed by atoms with Gasteiger partial charge in [-0.1, -0.05) is 24.3 Å². The Hall–Kier alpha value is -4.35. The second-order valence-electron chi connectivity index (χ2n) is 9.35. The maximum Gasteiger partial charge on any atom is 0.419 e. The fourth-order valence-electron chi connectivity index (χ4n) is 4.66. The van der Waals surface area contributed by atoms with Crippen molar-refractivity contribution >= 4 is 29.3 Å². The molecule has 1 fully saturated rings. The van der Waals surface area contributed by atoms with Crippen molar-refractivity contribution in [2.45, 2.75) is 44.3 Å². The van der Waals surface area contributed by atoms with Crippen LogP contribution in [0.2, 0.25) is 0 Å². The van der Waals surface area contributed by atoms with Crippen LogP contribution in [0.25, 0.3) is 0 Å². The lowest BCUT2D eigenvalue weighted by molar-refractivity contribution is -0.138. The molecule has 0 saturated carbocycles. The number of nitrogens with one attached hydrogen (secondary N) is 2. The summed E-state index contributed by atoms with van der Waals surface area (Å²) in [7, 11) is 0. The van der Waals surface area contributed by atoms with Crippen molar-refractivity contribution in [3.05, 3.63) is 77.1 Å². The second-order valence-corrected chi connectivity index (χ2v) is 9.35. The minimum absolute atomic E-state index is 0.00606. The molecule has 0 bridgehead atoms. The summed E-state index contributed by atoms with van der Waals surface area (Å²) < 4.78 is 41.1. The number of aryl methyl sites for hydroxylation is 2. The number of nitrogens with zero attached hydrogens (tertiary/aromatic N) is 3. The molecule has 1 aliphatic heterocycles. The standard InChI is InChI=1S/C27H29F3N6O3/c28-27(29,30)22-16-32-25(35-23(22)10-5-17-3-1-2-4-18(17)15-24(31)37)33-19-6-8-21(9-7-19)36-13-11-20(12-14-36)34-26(38)39/h1-4,6-9,16,20,34H,5,10-15H2,(H2,31,37)(H,38,39)(H,32,33,35). The second kappa shape index (κ2) is 12.0. The van der Waals surface area contributed by atoms with E-state index in [1.165, 1.54) is 0 Å². The zero-order valence-electron chi connectivity index (χ0n) is 21.0. The lowest BCUT2D eigenvalue weighted by atomic mass is 9.98. The van der Waals surface area contributed by atoms with Gasteiger partial charge in [0.1, 0.15) is 0 Å². The normalized spacial score (nSPS) is 14.2. The van der Waals surface area contributed by atoms with Gasteiger partial charge in [0.05, 0.1) is 17.7 Å². The van der Waals surface area contributed by atoms with Crippen LogP contribution in [0.15, 0.2) is 54.7 Å². The minimum atomic E-state index is -4.62. The van der Waals surface area contributed by atoms with Crippen molar-refractivity contribution in [1.29, 1.82) is 0 Å². The Labute approximate surface area is 223 Å². The number of benzene rings is 2. The third kappa shape index (κ3) is 7.59. The van der Waals surface area contributed by atoms with E-state index < -0.39 is 23.7 Å². The SMILES string of the molecule is NC(=O)Cc1ccccc1CCc1nc(Nc2ccc(N3CCC(NC(=O)O)CC3)cc2)ncc1C(F)(F)F. The molecular formula is C27H29F3N6O3. The van der Waals surface area contributed by atoms with Crippen LogP contribution in [0, 0.1) is 0 Å². The number of halogens is 3. The fraction of sp³-hybridized carbons (Fsp3) is 0.333. The largest absolute Gasteiger partial charge is 0.465 e. The van der Waals surface area contributed by atoms with E-state index in [4.69, 9.17) is 10.8 Å². The van der Waals surface area contributed by atoms with E-state index >= 15 is 0 Å². The molecule has 0 spiro atoms. The molecule has 0 atom stereocenters. The third-order valence-corrected chi connectivity index (χ3v) is 6.60. The summed E-state index contributed by atoms with van der Waals surface area (Å²) in [5.41, 5.74) is 7.22. The Balaban J connectivity index is 1.45. The van der Waals surface area contributed by atoms with E-state index in [0.29, 0.717) is 37.2 Å². The van der Waals surface area contributed by atoms with Gasteiger partial charge in [-0.05, 0) is 61.1 Å². The molecular weight excluding hydrogens is 513 g/mol. The summed E-state index contributed by atoms with van der Waals surface area (Å²) in [4.78, 5) is 32.4. The highest BCUT2D eigenvalue weighted by molar-refractivity contribution is 5.77. The van der Waals surface area contributed by atoms with E-state index in [1.54, 1.807) is 36.4 Å². The average molecular weight is 543 g/mol. The van der Waals surface area contributed by atoms with Gasteiger partial charge in [0.2, 0.25) is 11.9 Å². The van der Waals surface area contributed by atoms with Gasteiger partial charge < -0.3 is 26.4 Å². The van der Waals surface area contributed by atoms with Crippen molar-refractivity contribution in [3.63, 3.8) is 0 Å². The zero-order valence-corrected chi connectivity index (χ0v) is 21.0. The lowest BCUT2D eigenvalue weighted by Gasteiger charge is -2.33. The Morgan fingerprint density at radius 3 is 2.31 bits per heavy atom. The topological polar surface area (TPSA) is 133 Å². The lowest BCUT2D eigenvalue weighted by Crippen LogP contribution is -2.44. The first-order valence-electron chi connectivity index (χ1n) is 12.5. The molecule has 3 aromatic rings. The molecule has 2 aromatic carbocycles. The number of hydrogen-bond acceptors (Lipinski definition) is 6. The quantitative estimate of drug-likeness (QED) is 0.317. The predicted octanol–water partition coefficient (Wildman–Crippen LogP) is 4.29. The molecule has 0 radical (unpaired) electrons. The van der Waals surface area contributed by atoms with Gasteiger partial charge in [0, 0.05) is 36.7 Å². The molecule has 2 amide bonds. The highest BCUT2D eigenvalue weighted by Crippen LogP contribution is 2.32. The number of aromatic nitrogens is 2. The molecule has 2 heterocycles. The van der Waals surface area contributed by atoms with E-state index in [1.807, 2.05) is 12.1 Å². The monoisotopic (exact) mass is 542 g/mol. The molecule has 9 nitrogen and oxygen atoms in total. The Morgan fingerprint density at radius 1 is 1.03 bits per heavy atom. The molecule has 12 heteroatoms. The van der Waals surface area contributed by atoms with Crippen LogP contribution in [0.3, 0.4) is 0 Å². The smallest absolute Gasteiger partial charge is 0.419 e. The average Bonchev–Trinajstić information content (AvgIpc) is 2.88. The van der Waals surface area contributed by atoms with Crippen LogP contribution in [0.5, 0.6) is 0 Å². The molecule has 1 aromatic heterocycles. The number of carboxylic acid groups (broad SMARTS) is 1. The number of hydrogen-bond donors (Lipinski definition) is 4. The predicted molar refractivity (Wildman–Crippen MR) is 140 cm³/mol. The molecule has 4 rings (SSSR count). The number of carbonyl (C=O) groups excluding carboxylic acids is 1. The summed E-state index contributed by atoms with van der Waals surface area (Å²) in [6.07, 6.45) is -3.22. The number of nitrogens with two attached hydrogens (primary N) is 1. The van der Waals surface area contributed by atoms with Gasteiger partial charge in [-0.25, -0.2) is 14.8 Å². The first-order valence-corrected chi connectivity index (χ1v) is 12.5. The molecule has 0 aliphatic carbocycles. The first kappa shape index (κ1) is 27.7. The van der Waals surface area contributed by atoms with Crippen molar-refractivity contribution in [3.8, 4) is 0 Å². The highest BCUT2D eigenvalue weighted by Gasteiger charge is 2.35. The maximum absolute atomic E-state index is 13.7. The number of piperidine rings is 1. The summed E-state index contributed by atoms with van der Waals surface area (Å²) in [6.45, 7) is 1.40. The molecule has 1 aliphatic rings. The third-order valence-electron chi connectivity index (χ3n) is 6.60. The number of carbonyl (C=O) groups is 2. The minimum Gasteiger partial charge on any atom is -0.465 e. The Morgan fingerprint density at radius 2 is 1.69 bits per heavy atom. The summed E-state index contributed by atoms with van der Waals surface area (Å²) >= 11 is 0. The molecule has 5 N–H and O–H groups in total. The van der Waals surface area contributed by atoms with Crippen LogP contribution in [-0.4, -0.2) is 46.2 Å². The van der Waals surface area contributed by atoms with E-state index in [9.17, 15) is 22.8 Å². The van der Waals surface area contributed by atoms with Gasteiger partial charge in [0.15, 0.2) is 0 Å². The van der Waals surface area contributed by atoms with Crippen molar-refractivity contribution < 1.29 is 27.9 Å². The Bertz CT molecular complexity index is 1310. The molecule has 0 unspecified atom stereocenters. The number of primary amides is 1. The molecule has 1 saturated heterocycles. The van der Waals surface area contributed by atoms with Gasteiger partial charge >= 0.3 is 12.3 Å². The van der Waals surface area contributed by atoms with Crippen LogP contribution >= 0.6 is 0 Å². The van der Waals surface area contributed by atoms with Crippen molar-refractivity contribution in [2.24, 2.45) is 5.73 Å². The molecule has 206 valence electrons. The van der Waals surface area contributed by atoms with Crippen molar-refractivity contribution in [2.75, 3.05) is 23.3 Å². The fourth-order valence-corrected chi connectivity index (χ4v) is 4.66. The summed E-state index contributed by atoms with van der Waals surface area (Å²) in [5.74, 6) is -0.477. The summed E-state index contributed by atoms with van der Waals surface area (Å²) in [5, 5.41) is 14.4. The van der Waals surface area contributed by atoms with Crippen LogP contribution in [-0.2, 0) is 30.2 Å². The van der Waals surface area contributed by atoms with Gasteiger partial charge in [-0.2, -0.15) is 13.2 Å². The van der Waals surface area contributed by atoms with Gasteiger partial charge in [-0.3, -0.25) is 4.79 Å². The number of alkyl halides is 3. The van der Waals surface area contributed by atoms with Gasteiger partial charge in [0.25, 0.3) is 0 Å². The maximum atomic E-state index is 13.7.